The lowest BCUT2D eigenvalue weighted by atomic mass is 10.2. The van der Waals surface area contributed by atoms with Crippen molar-refractivity contribution in [3.05, 3.63) is 29.8 Å². The van der Waals surface area contributed by atoms with Crippen LogP contribution in [0.15, 0.2) is 24.3 Å². The number of benzene rings is 1. The Labute approximate surface area is 104 Å². The molecule has 6 heteroatoms. The van der Waals surface area contributed by atoms with Crippen LogP contribution in [0.3, 0.4) is 0 Å². The van der Waals surface area contributed by atoms with Gasteiger partial charge in [-0.25, -0.2) is 0 Å². The summed E-state index contributed by atoms with van der Waals surface area (Å²) in [5.74, 6) is -1.19. The van der Waals surface area contributed by atoms with Crippen molar-refractivity contribution in [2.24, 2.45) is 0 Å². The van der Waals surface area contributed by atoms with Crippen molar-refractivity contribution in [3.8, 4) is 5.75 Å². The summed E-state index contributed by atoms with van der Waals surface area (Å²) in [6.45, 7) is 0.747. The van der Waals surface area contributed by atoms with Gasteiger partial charge >= 0.3 is 5.97 Å². The Hall–Kier alpha value is -2.08. The zero-order chi connectivity index (χ0) is 13.5. The van der Waals surface area contributed by atoms with Gasteiger partial charge in [-0.1, -0.05) is 12.1 Å². The minimum Gasteiger partial charge on any atom is -0.507 e. The third kappa shape index (κ3) is 4.06. The Bertz CT molecular complexity index is 432. The lowest BCUT2D eigenvalue weighted by molar-refractivity contribution is -0.141. The first-order valence-corrected chi connectivity index (χ1v) is 5.37. The largest absolute Gasteiger partial charge is 0.507 e. The second kappa shape index (κ2) is 6.61. The molecule has 0 saturated carbocycles. The van der Waals surface area contributed by atoms with Crippen LogP contribution in [0.5, 0.6) is 5.75 Å². The Kier molecular flexibility index (Phi) is 5.13. The van der Waals surface area contributed by atoms with Gasteiger partial charge in [0.2, 0.25) is 0 Å². The van der Waals surface area contributed by atoms with Crippen LogP contribution in [0.2, 0.25) is 0 Å². The Morgan fingerprint density at radius 3 is 2.61 bits per heavy atom. The lowest BCUT2D eigenvalue weighted by Gasteiger charge is -2.16. The first kappa shape index (κ1) is 14.0. The number of rotatable bonds is 5. The van der Waals surface area contributed by atoms with E-state index in [2.05, 4.69) is 10.1 Å². The van der Waals surface area contributed by atoms with Crippen molar-refractivity contribution < 1.29 is 24.5 Å². The van der Waals surface area contributed by atoms with Crippen LogP contribution < -0.4 is 5.32 Å². The number of para-hydroxylation sites is 1. The first-order chi connectivity index (χ1) is 8.54. The molecule has 0 fully saturated rings. The normalized spacial score (nSPS) is 11.7. The van der Waals surface area contributed by atoms with E-state index in [0.29, 0.717) is 0 Å². The van der Waals surface area contributed by atoms with Crippen LogP contribution >= 0.6 is 0 Å². The van der Waals surface area contributed by atoms with Gasteiger partial charge in [-0.2, -0.15) is 0 Å². The summed E-state index contributed by atoms with van der Waals surface area (Å²) in [4.78, 5) is 22.4. The third-order valence-corrected chi connectivity index (χ3v) is 2.19. The van der Waals surface area contributed by atoms with Crippen LogP contribution in [0.1, 0.15) is 17.3 Å². The topological polar surface area (TPSA) is 95.9 Å². The molecule has 1 rings (SSSR count). The standard InChI is InChI=1S/C12H15NO5/c1-8(15)18-7-9(6-14)13-12(17)10-4-2-3-5-11(10)16/h2-5,9,14,16H,6-7H2,1H3,(H,13,17). The molecule has 0 spiro atoms. The fourth-order valence-electron chi connectivity index (χ4n) is 1.29. The third-order valence-electron chi connectivity index (χ3n) is 2.19. The molecule has 18 heavy (non-hydrogen) atoms. The molecule has 1 unspecified atom stereocenters. The molecule has 0 bridgehead atoms. The monoisotopic (exact) mass is 253 g/mol. The molecular formula is C12H15NO5. The van der Waals surface area contributed by atoms with E-state index in [1.165, 1.54) is 19.1 Å². The zero-order valence-electron chi connectivity index (χ0n) is 9.92. The number of esters is 1. The smallest absolute Gasteiger partial charge is 0.302 e. The minimum atomic E-state index is -0.707. The summed E-state index contributed by atoms with van der Waals surface area (Å²) < 4.78 is 4.69. The van der Waals surface area contributed by atoms with Gasteiger partial charge in [-0.15, -0.1) is 0 Å². The van der Waals surface area contributed by atoms with Crippen LogP contribution in [-0.4, -0.2) is 41.3 Å². The number of aliphatic hydroxyl groups excluding tert-OH is 1. The molecular weight excluding hydrogens is 238 g/mol. The molecule has 6 nitrogen and oxygen atoms in total. The molecule has 1 amide bonds. The summed E-state index contributed by atoms with van der Waals surface area (Å²) in [5.41, 5.74) is 0.0961. The molecule has 0 aliphatic rings. The summed E-state index contributed by atoms with van der Waals surface area (Å²) in [5, 5.41) is 21.0. The molecule has 0 aliphatic heterocycles. The van der Waals surface area contributed by atoms with E-state index in [4.69, 9.17) is 5.11 Å². The molecule has 0 aromatic heterocycles. The van der Waals surface area contributed by atoms with E-state index >= 15 is 0 Å². The van der Waals surface area contributed by atoms with Crippen molar-refractivity contribution in [2.45, 2.75) is 13.0 Å². The SMILES string of the molecule is CC(=O)OCC(CO)NC(=O)c1ccccc1O. The molecule has 0 radical (unpaired) electrons. The predicted molar refractivity (Wildman–Crippen MR) is 63.1 cm³/mol. The number of phenolic OH excluding ortho intramolecular Hbond substituents is 1. The van der Waals surface area contributed by atoms with Crippen LogP contribution in [0, 0.1) is 0 Å². The number of carbonyl (C=O) groups excluding carboxylic acids is 2. The molecule has 1 atom stereocenters. The Morgan fingerprint density at radius 2 is 2.06 bits per heavy atom. The van der Waals surface area contributed by atoms with Gasteiger partial charge < -0.3 is 20.3 Å². The lowest BCUT2D eigenvalue weighted by Crippen LogP contribution is -2.41. The maximum absolute atomic E-state index is 11.8. The minimum absolute atomic E-state index is 0.0961. The van der Waals surface area contributed by atoms with Crippen molar-refractivity contribution in [3.63, 3.8) is 0 Å². The van der Waals surface area contributed by atoms with Crippen molar-refractivity contribution in [1.82, 2.24) is 5.32 Å². The average Bonchev–Trinajstić information content (AvgIpc) is 2.34. The highest BCUT2D eigenvalue weighted by Gasteiger charge is 2.16. The van der Waals surface area contributed by atoms with Gasteiger partial charge in [0.1, 0.15) is 12.4 Å². The first-order valence-electron chi connectivity index (χ1n) is 5.37. The van der Waals surface area contributed by atoms with E-state index in [9.17, 15) is 14.7 Å². The molecule has 0 heterocycles. The number of ether oxygens (including phenoxy) is 1. The summed E-state index contributed by atoms with van der Waals surface area (Å²) >= 11 is 0. The van der Waals surface area contributed by atoms with E-state index in [1.807, 2.05) is 0 Å². The van der Waals surface area contributed by atoms with Gasteiger partial charge in [-0.3, -0.25) is 9.59 Å². The molecule has 0 saturated heterocycles. The summed E-state index contributed by atoms with van der Waals surface area (Å²) in [6.07, 6.45) is 0. The summed E-state index contributed by atoms with van der Waals surface area (Å²) in [7, 11) is 0. The fraction of sp³-hybridized carbons (Fsp3) is 0.333. The molecule has 0 aliphatic carbocycles. The van der Waals surface area contributed by atoms with Crippen molar-refractivity contribution >= 4 is 11.9 Å². The number of hydrogen-bond donors (Lipinski definition) is 3. The quantitative estimate of drug-likeness (QED) is 0.644. The van der Waals surface area contributed by atoms with Gasteiger partial charge in [0.15, 0.2) is 0 Å². The number of aromatic hydroxyl groups is 1. The van der Waals surface area contributed by atoms with Gasteiger partial charge in [0.25, 0.3) is 5.91 Å². The maximum Gasteiger partial charge on any atom is 0.302 e. The van der Waals surface area contributed by atoms with Gasteiger partial charge in [0.05, 0.1) is 18.2 Å². The fourth-order valence-corrected chi connectivity index (χ4v) is 1.29. The Balaban J connectivity index is 2.62. The van der Waals surface area contributed by atoms with E-state index in [-0.39, 0.29) is 24.5 Å². The Morgan fingerprint density at radius 1 is 1.39 bits per heavy atom. The second-order valence-corrected chi connectivity index (χ2v) is 3.67. The van der Waals surface area contributed by atoms with Gasteiger partial charge in [0, 0.05) is 6.92 Å². The highest BCUT2D eigenvalue weighted by atomic mass is 16.5. The van der Waals surface area contributed by atoms with Crippen LogP contribution in [0.4, 0.5) is 0 Å². The maximum atomic E-state index is 11.8. The molecule has 1 aromatic carbocycles. The molecule has 1 aromatic rings. The van der Waals surface area contributed by atoms with Crippen molar-refractivity contribution in [1.29, 1.82) is 0 Å². The number of hydrogen-bond acceptors (Lipinski definition) is 5. The predicted octanol–water partition coefficient (Wildman–Crippen LogP) is 0.0460. The highest BCUT2D eigenvalue weighted by Crippen LogP contribution is 2.15. The number of carbonyl (C=O) groups is 2. The van der Waals surface area contributed by atoms with Crippen LogP contribution in [0.25, 0.3) is 0 Å². The second-order valence-electron chi connectivity index (χ2n) is 3.67. The van der Waals surface area contributed by atoms with Crippen LogP contribution in [-0.2, 0) is 9.53 Å². The molecule has 98 valence electrons. The van der Waals surface area contributed by atoms with Gasteiger partial charge in [-0.05, 0) is 12.1 Å². The number of amides is 1. The van der Waals surface area contributed by atoms with E-state index in [1.54, 1.807) is 12.1 Å². The highest BCUT2D eigenvalue weighted by molar-refractivity contribution is 5.96. The van der Waals surface area contributed by atoms with E-state index in [0.717, 1.165) is 0 Å². The number of phenols is 1. The zero-order valence-corrected chi connectivity index (χ0v) is 9.92. The number of aliphatic hydroxyl groups is 1. The number of nitrogens with one attached hydrogen (secondary N) is 1. The summed E-state index contributed by atoms with van der Waals surface area (Å²) in [6, 6.07) is 5.32. The average molecular weight is 253 g/mol. The van der Waals surface area contributed by atoms with E-state index < -0.39 is 17.9 Å². The van der Waals surface area contributed by atoms with Crippen molar-refractivity contribution in [2.75, 3.05) is 13.2 Å². The molecule has 3 N–H and O–H groups in total.